The molecule has 2 N–H and O–H groups in total. The molecule has 148 valence electrons. The van der Waals surface area contributed by atoms with Crippen molar-refractivity contribution in [3.05, 3.63) is 48.9 Å². The van der Waals surface area contributed by atoms with Crippen molar-refractivity contribution < 1.29 is 45.7 Å². The number of hydrogen-bond donors (Lipinski definition) is 2. The van der Waals surface area contributed by atoms with Gasteiger partial charge in [-0.2, -0.15) is 6.42 Å². The van der Waals surface area contributed by atoms with Crippen LogP contribution in [0.1, 0.15) is 45.6 Å². The second-order valence-electron chi connectivity index (χ2n) is 7.48. The van der Waals surface area contributed by atoms with Crippen molar-refractivity contribution in [2.24, 2.45) is 0 Å². The number of ether oxygens (including phenoxy) is 2. The van der Waals surface area contributed by atoms with Crippen LogP contribution in [0.4, 0.5) is 0 Å². The third-order valence-electron chi connectivity index (χ3n) is 4.97. The molecule has 2 aliphatic heterocycles. The molecule has 1 saturated heterocycles. The van der Waals surface area contributed by atoms with Crippen LogP contribution in [0, 0.1) is 44.1 Å². The SMILES string of the molecule is CC(C)(c1ccc(OCC2CO2)cc1)C1CC[C-]=CCN1.[CH2-]C(O)CC.[U+2]. The summed E-state index contributed by atoms with van der Waals surface area (Å²) in [6, 6.07) is 8.98. The molecule has 0 bridgehead atoms. The van der Waals surface area contributed by atoms with Crippen LogP contribution in [-0.4, -0.2) is 43.1 Å². The van der Waals surface area contributed by atoms with Gasteiger partial charge in [-0.25, -0.2) is 0 Å². The van der Waals surface area contributed by atoms with Gasteiger partial charge in [0, 0.05) is 11.5 Å². The van der Waals surface area contributed by atoms with Gasteiger partial charge in [-0.05, 0) is 24.2 Å². The Balaban J connectivity index is 0.000000542. The minimum Gasteiger partial charge on any atom is -0.499 e. The summed E-state index contributed by atoms with van der Waals surface area (Å²) < 4.78 is 10.9. The van der Waals surface area contributed by atoms with Crippen LogP contribution in [-0.2, 0) is 10.2 Å². The Bertz CT molecular complexity index is 543. The Morgan fingerprint density at radius 3 is 2.56 bits per heavy atom. The number of hydrogen-bond acceptors (Lipinski definition) is 4. The number of aliphatic hydroxyl groups is 1. The number of nitrogens with one attached hydrogen (secondary N) is 1. The zero-order chi connectivity index (χ0) is 19.0. The minimum absolute atomic E-state index is 0. The molecule has 0 spiro atoms. The Hall–Kier alpha value is -0.308. The van der Waals surface area contributed by atoms with E-state index in [1.807, 2.05) is 6.92 Å². The van der Waals surface area contributed by atoms with Crippen molar-refractivity contribution in [1.29, 1.82) is 0 Å². The summed E-state index contributed by atoms with van der Waals surface area (Å²) in [4.78, 5) is 0. The quantitative estimate of drug-likeness (QED) is 0.390. The van der Waals surface area contributed by atoms with Crippen molar-refractivity contribution >= 4 is 0 Å². The maximum Gasteiger partial charge on any atom is 2.00 e. The topological polar surface area (TPSA) is 54.0 Å². The van der Waals surface area contributed by atoms with E-state index in [0.29, 0.717) is 18.8 Å². The fourth-order valence-electron chi connectivity index (χ4n) is 2.86. The molecule has 0 radical (unpaired) electrons. The van der Waals surface area contributed by atoms with Crippen LogP contribution in [0.15, 0.2) is 30.3 Å². The normalized spacial score (nSPS) is 22.6. The smallest absolute Gasteiger partial charge is 0.499 e. The van der Waals surface area contributed by atoms with Gasteiger partial charge in [0.05, 0.1) is 6.61 Å². The van der Waals surface area contributed by atoms with Crippen molar-refractivity contribution in [2.45, 2.75) is 63.7 Å². The first-order valence-corrected chi connectivity index (χ1v) is 9.58. The van der Waals surface area contributed by atoms with Gasteiger partial charge in [0.25, 0.3) is 0 Å². The molecular formula is C22H33NO3U. The zero-order valence-corrected chi connectivity index (χ0v) is 21.0. The molecule has 27 heavy (non-hydrogen) atoms. The van der Waals surface area contributed by atoms with E-state index in [0.717, 1.165) is 38.2 Å². The average Bonchev–Trinajstić information content (AvgIpc) is 3.47. The fraction of sp³-hybridized carbons (Fsp3) is 0.591. The van der Waals surface area contributed by atoms with Crippen molar-refractivity contribution in [2.75, 3.05) is 19.8 Å². The van der Waals surface area contributed by atoms with Crippen molar-refractivity contribution in [3.63, 3.8) is 0 Å². The van der Waals surface area contributed by atoms with Gasteiger partial charge in [0.15, 0.2) is 0 Å². The van der Waals surface area contributed by atoms with Crippen LogP contribution in [0.25, 0.3) is 0 Å². The van der Waals surface area contributed by atoms with Gasteiger partial charge >= 0.3 is 31.1 Å². The first-order valence-electron chi connectivity index (χ1n) is 9.58. The molecule has 0 aromatic heterocycles. The van der Waals surface area contributed by atoms with Gasteiger partial charge in [-0.1, -0.05) is 51.8 Å². The zero-order valence-electron chi connectivity index (χ0n) is 16.8. The Kier molecular flexibility index (Phi) is 11.3. The minimum atomic E-state index is -0.366. The maximum atomic E-state index is 8.25. The van der Waals surface area contributed by atoms with E-state index in [-0.39, 0.29) is 42.6 Å². The molecule has 1 fully saturated rings. The summed E-state index contributed by atoms with van der Waals surface area (Å²) >= 11 is 0. The van der Waals surface area contributed by atoms with Gasteiger partial charge in [0.1, 0.15) is 18.5 Å². The molecule has 5 heteroatoms. The molecular weight excluding hydrogens is 564 g/mol. The molecule has 3 unspecified atom stereocenters. The summed E-state index contributed by atoms with van der Waals surface area (Å²) in [6.45, 7) is 12.2. The van der Waals surface area contributed by atoms with E-state index in [9.17, 15) is 0 Å². The van der Waals surface area contributed by atoms with Gasteiger partial charge < -0.3 is 32.9 Å². The molecule has 3 rings (SSSR count). The maximum absolute atomic E-state index is 8.25. The van der Waals surface area contributed by atoms with Crippen LogP contribution in [0.2, 0.25) is 0 Å². The summed E-state index contributed by atoms with van der Waals surface area (Å²) in [5.74, 6) is 0.925. The Morgan fingerprint density at radius 1 is 1.37 bits per heavy atom. The summed E-state index contributed by atoms with van der Waals surface area (Å²) in [5.41, 5.74) is 1.44. The predicted octanol–water partition coefficient (Wildman–Crippen LogP) is 3.44. The van der Waals surface area contributed by atoms with Crippen LogP contribution >= 0.6 is 0 Å². The van der Waals surface area contributed by atoms with Gasteiger partial charge in [-0.15, -0.1) is 0 Å². The van der Waals surface area contributed by atoms with Crippen molar-refractivity contribution in [3.8, 4) is 5.75 Å². The third-order valence-corrected chi connectivity index (χ3v) is 4.97. The second kappa shape index (κ2) is 12.3. The fourth-order valence-corrected chi connectivity index (χ4v) is 2.86. The average molecular weight is 598 g/mol. The van der Waals surface area contributed by atoms with Crippen LogP contribution in [0.5, 0.6) is 5.75 Å². The number of aliphatic hydroxyl groups excluding tert-OH is 1. The number of rotatable bonds is 6. The Labute approximate surface area is 188 Å². The van der Waals surface area contributed by atoms with E-state index in [1.54, 1.807) is 0 Å². The monoisotopic (exact) mass is 597 g/mol. The second-order valence-corrected chi connectivity index (χ2v) is 7.48. The van der Waals surface area contributed by atoms with Crippen LogP contribution in [0.3, 0.4) is 0 Å². The first kappa shape index (κ1) is 24.7. The predicted molar refractivity (Wildman–Crippen MR) is 105 cm³/mol. The molecule has 0 saturated carbocycles. The Morgan fingerprint density at radius 2 is 2.00 bits per heavy atom. The first-order chi connectivity index (χ1) is 12.4. The number of allylic oxidation sites excluding steroid dienone is 1. The standard InChI is InChI=1S/C18H24NO2.C4H9O.U/c1-18(2,17-6-4-3-5-11-19-17)14-7-9-15(10-8-14)20-12-16-13-21-16;1-3-4(2)5;/h5,7-10,16-17,19H,4,6,11-13H2,1-2H3;4-5H,2-3H2,1H3;/q2*-1;+2. The molecule has 2 aliphatic rings. The molecule has 0 amide bonds. The number of epoxide rings is 1. The van der Waals surface area contributed by atoms with Gasteiger partial charge in [0.2, 0.25) is 0 Å². The molecule has 2 heterocycles. The van der Waals surface area contributed by atoms with Gasteiger partial charge in [-0.3, -0.25) is 6.08 Å². The molecule has 1 aromatic carbocycles. The third kappa shape index (κ3) is 8.71. The molecule has 0 aliphatic carbocycles. The molecule has 3 atom stereocenters. The summed E-state index contributed by atoms with van der Waals surface area (Å²) in [5, 5.41) is 11.9. The van der Waals surface area contributed by atoms with E-state index >= 15 is 0 Å². The van der Waals surface area contributed by atoms with Crippen LogP contribution < -0.4 is 10.1 Å². The van der Waals surface area contributed by atoms with E-state index in [1.165, 1.54) is 5.56 Å². The van der Waals surface area contributed by atoms with Crippen molar-refractivity contribution in [1.82, 2.24) is 5.32 Å². The summed E-state index contributed by atoms with van der Waals surface area (Å²) in [7, 11) is 0. The molecule has 1 aromatic rings. The van der Waals surface area contributed by atoms with E-state index < -0.39 is 0 Å². The number of benzene rings is 1. The largest absolute Gasteiger partial charge is 2.00 e. The summed E-state index contributed by atoms with van der Waals surface area (Å²) in [6.07, 6.45) is 8.27. The van der Waals surface area contributed by atoms with E-state index in [4.69, 9.17) is 14.6 Å². The molecule has 4 nitrogen and oxygen atoms in total. The van der Waals surface area contributed by atoms with E-state index in [2.05, 4.69) is 62.5 Å².